The molecule has 1 N–H and O–H groups in total. The monoisotopic (exact) mass is 678 g/mol. The largest absolute Gasteiger partial charge is 0.490 e. The van der Waals surface area contributed by atoms with Crippen LogP contribution in [0.3, 0.4) is 0 Å². The lowest BCUT2D eigenvalue weighted by Crippen LogP contribution is -2.13. The summed E-state index contributed by atoms with van der Waals surface area (Å²) in [6.45, 7) is 6.75. The average molecular weight is 678 g/mol. The van der Waals surface area contributed by atoms with E-state index in [0.29, 0.717) is 36.0 Å². The molecule has 3 aromatic carbocycles. The summed E-state index contributed by atoms with van der Waals surface area (Å²) in [5.41, 5.74) is 4.59. The summed E-state index contributed by atoms with van der Waals surface area (Å²) in [7, 11) is 0. The zero-order valence-electron chi connectivity index (χ0n) is 19.1. The second kappa shape index (κ2) is 12.2. The van der Waals surface area contributed by atoms with Gasteiger partial charge in [0, 0.05) is 9.26 Å². The zero-order chi connectivity index (χ0) is 24.7. The smallest absolute Gasteiger partial charge is 0.266 e. The van der Waals surface area contributed by atoms with Crippen LogP contribution in [0.2, 0.25) is 0 Å². The van der Waals surface area contributed by atoms with Gasteiger partial charge in [0.2, 0.25) is 0 Å². The van der Waals surface area contributed by atoms with E-state index in [2.05, 4.69) is 50.5 Å². The maximum Gasteiger partial charge on any atom is 0.266 e. The van der Waals surface area contributed by atoms with Gasteiger partial charge in [-0.25, -0.2) is 0 Å². The minimum atomic E-state index is -0.460. The summed E-state index contributed by atoms with van der Waals surface area (Å²) >= 11 is 4.45. The molecule has 5 nitrogen and oxygen atoms in total. The number of amides is 1. The third-order valence-electron chi connectivity index (χ3n) is 5.07. The third kappa shape index (κ3) is 6.96. The van der Waals surface area contributed by atoms with Crippen molar-refractivity contribution in [2.24, 2.45) is 0 Å². The lowest BCUT2D eigenvalue weighted by molar-refractivity contribution is -0.112. The van der Waals surface area contributed by atoms with Gasteiger partial charge in [0.15, 0.2) is 11.5 Å². The minimum absolute atomic E-state index is 0.00373. The molecular formula is C27H24I2N2O3. The fraction of sp³-hybridized carbons (Fsp3) is 0.185. The minimum Gasteiger partial charge on any atom is -0.490 e. The Kier molecular flexibility index (Phi) is 9.36. The number of anilines is 1. The lowest BCUT2D eigenvalue weighted by atomic mass is 10.1. The van der Waals surface area contributed by atoms with Crippen LogP contribution in [0.1, 0.15) is 29.2 Å². The van der Waals surface area contributed by atoms with Gasteiger partial charge in [-0.15, -0.1) is 0 Å². The Balaban J connectivity index is 1.84. The number of carbonyl (C=O) groups is 1. The number of rotatable bonds is 8. The van der Waals surface area contributed by atoms with Crippen molar-refractivity contribution < 1.29 is 14.3 Å². The summed E-state index contributed by atoms with van der Waals surface area (Å²) in [6.07, 6.45) is 1.56. The van der Waals surface area contributed by atoms with Crippen LogP contribution >= 0.6 is 45.2 Å². The fourth-order valence-corrected chi connectivity index (χ4v) is 4.28. The number of nitrogens with zero attached hydrogens (tertiary/aromatic N) is 1. The second-order valence-corrected chi connectivity index (χ2v) is 10.0. The molecule has 0 unspecified atom stereocenters. The molecule has 3 aromatic rings. The number of aryl methyl sites for hydroxylation is 2. The van der Waals surface area contributed by atoms with Gasteiger partial charge in [-0.2, -0.15) is 5.26 Å². The van der Waals surface area contributed by atoms with E-state index in [9.17, 15) is 10.1 Å². The van der Waals surface area contributed by atoms with Crippen LogP contribution in [0.5, 0.6) is 11.5 Å². The van der Waals surface area contributed by atoms with Crippen LogP contribution in [-0.4, -0.2) is 12.5 Å². The van der Waals surface area contributed by atoms with Gasteiger partial charge in [-0.05, 0) is 131 Å². The number of nitriles is 1. The van der Waals surface area contributed by atoms with Crippen molar-refractivity contribution in [2.45, 2.75) is 27.4 Å². The molecular weight excluding hydrogens is 654 g/mol. The highest BCUT2D eigenvalue weighted by Crippen LogP contribution is 2.35. The molecule has 0 saturated heterocycles. The molecule has 0 saturated carbocycles. The summed E-state index contributed by atoms with van der Waals surface area (Å²) in [5.74, 6) is 0.743. The molecule has 0 bridgehead atoms. The Morgan fingerprint density at radius 3 is 2.41 bits per heavy atom. The molecule has 0 radical (unpaired) electrons. The van der Waals surface area contributed by atoms with Gasteiger partial charge >= 0.3 is 0 Å². The molecule has 3 rings (SSSR count). The maximum atomic E-state index is 12.7. The van der Waals surface area contributed by atoms with E-state index in [1.165, 1.54) is 0 Å². The third-order valence-corrected chi connectivity index (χ3v) is 6.59. The lowest BCUT2D eigenvalue weighted by Gasteiger charge is -2.15. The first-order chi connectivity index (χ1) is 16.3. The normalized spacial score (nSPS) is 11.0. The molecule has 7 heteroatoms. The van der Waals surface area contributed by atoms with Gasteiger partial charge < -0.3 is 14.8 Å². The standard InChI is InChI=1S/C27H24I2N2O3/c1-4-33-25-14-20(13-24(29)26(25)34-16-19-6-8-22(28)9-7-19)12-21(15-30)27(32)31-23-10-5-17(2)18(3)11-23/h5-14H,4,16H2,1-3H3,(H,31,32)/b21-12+. The fourth-order valence-electron chi connectivity index (χ4n) is 3.14. The Hall–Kier alpha value is -2.58. The summed E-state index contributed by atoms with van der Waals surface area (Å²) in [5, 5.41) is 12.4. The molecule has 0 atom stereocenters. The van der Waals surface area contributed by atoms with Crippen LogP contribution in [0.4, 0.5) is 5.69 Å². The van der Waals surface area contributed by atoms with E-state index in [4.69, 9.17) is 9.47 Å². The van der Waals surface area contributed by atoms with Gasteiger partial charge in [-0.1, -0.05) is 18.2 Å². The molecule has 1 amide bonds. The quantitative estimate of drug-likeness (QED) is 0.158. The highest BCUT2D eigenvalue weighted by atomic mass is 127. The molecule has 0 aliphatic carbocycles. The Morgan fingerprint density at radius 1 is 1.03 bits per heavy atom. The molecule has 174 valence electrons. The van der Waals surface area contributed by atoms with Crippen LogP contribution in [0.15, 0.2) is 60.2 Å². The topological polar surface area (TPSA) is 71.3 Å². The number of ether oxygens (including phenoxy) is 2. The van der Waals surface area contributed by atoms with Crippen LogP contribution in [-0.2, 0) is 11.4 Å². The maximum absolute atomic E-state index is 12.7. The van der Waals surface area contributed by atoms with Crippen molar-refractivity contribution >= 4 is 62.9 Å². The van der Waals surface area contributed by atoms with Crippen LogP contribution in [0, 0.1) is 32.3 Å². The van der Waals surface area contributed by atoms with Crippen molar-refractivity contribution in [1.82, 2.24) is 0 Å². The van der Waals surface area contributed by atoms with E-state index in [-0.39, 0.29) is 5.57 Å². The van der Waals surface area contributed by atoms with Gasteiger partial charge in [0.25, 0.3) is 5.91 Å². The van der Waals surface area contributed by atoms with Crippen LogP contribution in [0.25, 0.3) is 6.08 Å². The summed E-state index contributed by atoms with van der Waals surface area (Å²) in [6, 6.07) is 19.4. The van der Waals surface area contributed by atoms with Crippen molar-refractivity contribution in [1.29, 1.82) is 5.26 Å². The Labute approximate surface area is 227 Å². The first-order valence-electron chi connectivity index (χ1n) is 10.6. The zero-order valence-corrected chi connectivity index (χ0v) is 23.4. The van der Waals surface area contributed by atoms with E-state index in [1.54, 1.807) is 12.1 Å². The molecule has 34 heavy (non-hydrogen) atoms. The number of benzene rings is 3. The molecule has 0 heterocycles. The van der Waals surface area contributed by atoms with Crippen LogP contribution < -0.4 is 14.8 Å². The summed E-state index contributed by atoms with van der Waals surface area (Å²) in [4.78, 5) is 12.7. The first kappa shape index (κ1) is 26.0. The van der Waals surface area contributed by atoms with Crippen molar-refractivity contribution in [3.63, 3.8) is 0 Å². The van der Waals surface area contributed by atoms with Gasteiger partial charge in [0.05, 0.1) is 10.2 Å². The van der Waals surface area contributed by atoms with Crippen molar-refractivity contribution in [3.8, 4) is 17.6 Å². The highest BCUT2D eigenvalue weighted by molar-refractivity contribution is 14.1. The van der Waals surface area contributed by atoms with E-state index in [0.717, 1.165) is 23.8 Å². The van der Waals surface area contributed by atoms with E-state index >= 15 is 0 Å². The average Bonchev–Trinajstić information content (AvgIpc) is 2.80. The predicted molar refractivity (Wildman–Crippen MR) is 152 cm³/mol. The summed E-state index contributed by atoms with van der Waals surface area (Å²) < 4.78 is 13.9. The highest BCUT2D eigenvalue weighted by Gasteiger charge is 2.15. The van der Waals surface area contributed by atoms with E-state index < -0.39 is 5.91 Å². The number of hydrogen-bond donors (Lipinski definition) is 1. The number of halogens is 2. The van der Waals surface area contributed by atoms with Gasteiger partial charge in [0.1, 0.15) is 18.2 Å². The second-order valence-electron chi connectivity index (χ2n) is 7.60. The first-order valence-corrected chi connectivity index (χ1v) is 12.8. The number of hydrogen-bond acceptors (Lipinski definition) is 4. The Morgan fingerprint density at radius 2 is 1.76 bits per heavy atom. The Bertz CT molecular complexity index is 1260. The molecule has 0 fully saturated rings. The SMILES string of the molecule is CCOc1cc(/C=C(\C#N)C(=O)Nc2ccc(C)c(C)c2)cc(I)c1OCc1ccc(I)cc1. The molecule has 0 aliphatic rings. The van der Waals surface area contributed by atoms with Crippen molar-refractivity contribution in [3.05, 3.63) is 89.6 Å². The van der Waals surface area contributed by atoms with Crippen molar-refractivity contribution in [2.75, 3.05) is 11.9 Å². The predicted octanol–water partition coefficient (Wildman–Crippen LogP) is 7.04. The molecule has 0 aromatic heterocycles. The van der Waals surface area contributed by atoms with E-state index in [1.807, 2.05) is 75.4 Å². The molecule has 0 spiro atoms. The van der Waals surface area contributed by atoms with Gasteiger partial charge in [-0.3, -0.25) is 4.79 Å². The number of nitrogens with one attached hydrogen (secondary N) is 1. The molecule has 0 aliphatic heterocycles. The number of carbonyl (C=O) groups excluding carboxylic acids is 1.